The first-order valence-electron chi connectivity index (χ1n) is 7.18. The molecule has 0 bridgehead atoms. The Morgan fingerprint density at radius 3 is 2.76 bits per heavy atom. The molecule has 1 aliphatic rings. The van der Waals surface area contributed by atoms with Crippen LogP contribution in [-0.4, -0.2) is 16.9 Å². The molecule has 1 aromatic carbocycles. The maximum absolute atomic E-state index is 13.3. The van der Waals surface area contributed by atoms with Gasteiger partial charge in [0.15, 0.2) is 0 Å². The van der Waals surface area contributed by atoms with Crippen molar-refractivity contribution in [2.24, 2.45) is 11.8 Å². The van der Waals surface area contributed by atoms with Crippen molar-refractivity contribution >= 4 is 11.6 Å². The summed E-state index contributed by atoms with van der Waals surface area (Å²) in [5.41, 5.74) is -0.552. The van der Waals surface area contributed by atoms with E-state index >= 15 is 0 Å². The molecule has 1 N–H and O–H groups in total. The molecule has 114 valence electrons. The SMILES string of the molecule is CCC1CCC(NC(=O)c2ccc(F)c([N+](=O)[O-])c2)C1C. The molecule has 1 fully saturated rings. The number of hydrogen-bond acceptors (Lipinski definition) is 3. The molecule has 1 aromatic rings. The largest absolute Gasteiger partial charge is 0.349 e. The van der Waals surface area contributed by atoms with Crippen molar-refractivity contribution in [3.63, 3.8) is 0 Å². The minimum absolute atomic E-state index is 0.0755. The Morgan fingerprint density at radius 2 is 2.19 bits per heavy atom. The molecule has 0 heterocycles. The summed E-state index contributed by atoms with van der Waals surface area (Å²) in [6.45, 7) is 4.24. The van der Waals surface area contributed by atoms with Gasteiger partial charge in [-0.1, -0.05) is 20.3 Å². The van der Waals surface area contributed by atoms with Crippen LogP contribution in [0.15, 0.2) is 18.2 Å². The van der Waals surface area contributed by atoms with Crippen molar-refractivity contribution in [3.8, 4) is 0 Å². The number of nitrogens with one attached hydrogen (secondary N) is 1. The Kier molecular flexibility index (Phi) is 4.55. The quantitative estimate of drug-likeness (QED) is 0.684. The van der Waals surface area contributed by atoms with Crippen molar-refractivity contribution < 1.29 is 14.1 Å². The van der Waals surface area contributed by atoms with E-state index in [1.165, 1.54) is 6.07 Å². The van der Waals surface area contributed by atoms with Crippen LogP contribution in [-0.2, 0) is 0 Å². The van der Waals surface area contributed by atoms with Gasteiger partial charge in [-0.25, -0.2) is 0 Å². The van der Waals surface area contributed by atoms with Crippen LogP contribution in [0.4, 0.5) is 10.1 Å². The van der Waals surface area contributed by atoms with Gasteiger partial charge in [-0.15, -0.1) is 0 Å². The summed E-state index contributed by atoms with van der Waals surface area (Å²) >= 11 is 0. The Morgan fingerprint density at radius 1 is 1.48 bits per heavy atom. The molecular formula is C15H19FN2O3. The van der Waals surface area contributed by atoms with Gasteiger partial charge in [0.1, 0.15) is 0 Å². The van der Waals surface area contributed by atoms with Crippen LogP contribution in [0.3, 0.4) is 0 Å². The zero-order chi connectivity index (χ0) is 15.6. The fourth-order valence-corrected chi connectivity index (χ4v) is 3.07. The molecule has 1 aliphatic carbocycles. The minimum Gasteiger partial charge on any atom is -0.349 e. The van der Waals surface area contributed by atoms with E-state index in [0.717, 1.165) is 31.4 Å². The molecule has 0 saturated heterocycles. The highest BCUT2D eigenvalue weighted by molar-refractivity contribution is 5.95. The van der Waals surface area contributed by atoms with E-state index < -0.39 is 16.4 Å². The predicted molar refractivity (Wildman–Crippen MR) is 76.5 cm³/mol. The van der Waals surface area contributed by atoms with E-state index in [-0.39, 0.29) is 17.5 Å². The van der Waals surface area contributed by atoms with E-state index in [2.05, 4.69) is 19.2 Å². The van der Waals surface area contributed by atoms with Gasteiger partial charge in [-0.05, 0) is 36.8 Å². The third-order valence-corrected chi connectivity index (χ3v) is 4.47. The first-order chi connectivity index (χ1) is 9.93. The van der Waals surface area contributed by atoms with E-state index in [0.29, 0.717) is 11.8 Å². The average Bonchev–Trinajstić information content (AvgIpc) is 2.79. The summed E-state index contributed by atoms with van der Waals surface area (Å²) in [5, 5.41) is 13.6. The van der Waals surface area contributed by atoms with Crippen molar-refractivity contribution in [1.29, 1.82) is 0 Å². The number of halogens is 1. The van der Waals surface area contributed by atoms with Crippen LogP contribution in [0.1, 0.15) is 43.5 Å². The lowest BCUT2D eigenvalue weighted by Crippen LogP contribution is -2.37. The zero-order valence-corrected chi connectivity index (χ0v) is 12.1. The van der Waals surface area contributed by atoms with Crippen LogP contribution < -0.4 is 5.32 Å². The number of nitro benzene ring substituents is 1. The van der Waals surface area contributed by atoms with Crippen LogP contribution in [0.25, 0.3) is 0 Å². The highest BCUT2D eigenvalue weighted by atomic mass is 19.1. The number of hydrogen-bond donors (Lipinski definition) is 1. The number of nitrogens with zero attached hydrogens (tertiary/aromatic N) is 1. The van der Waals surface area contributed by atoms with Crippen LogP contribution in [0, 0.1) is 27.8 Å². The summed E-state index contributed by atoms with van der Waals surface area (Å²) in [6, 6.07) is 3.29. The van der Waals surface area contributed by atoms with Crippen molar-refractivity contribution in [2.75, 3.05) is 0 Å². The second kappa shape index (κ2) is 6.20. The number of nitro groups is 1. The summed E-state index contributed by atoms with van der Waals surface area (Å²) in [5.74, 6) is -0.337. The lowest BCUT2D eigenvalue weighted by atomic mass is 9.93. The molecule has 3 unspecified atom stereocenters. The summed E-state index contributed by atoms with van der Waals surface area (Å²) in [6.07, 6.45) is 3.07. The van der Waals surface area contributed by atoms with Crippen molar-refractivity contribution in [2.45, 2.75) is 39.2 Å². The third-order valence-electron chi connectivity index (χ3n) is 4.47. The summed E-state index contributed by atoms with van der Waals surface area (Å²) in [4.78, 5) is 22.1. The molecular weight excluding hydrogens is 275 g/mol. The molecule has 6 heteroatoms. The zero-order valence-electron chi connectivity index (χ0n) is 12.1. The van der Waals surface area contributed by atoms with E-state index in [1.807, 2.05) is 0 Å². The Labute approximate surface area is 122 Å². The van der Waals surface area contributed by atoms with Crippen LogP contribution in [0.5, 0.6) is 0 Å². The molecule has 0 aromatic heterocycles. The summed E-state index contributed by atoms with van der Waals surface area (Å²) < 4.78 is 13.3. The molecule has 2 rings (SSSR count). The van der Waals surface area contributed by atoms with Gasteiger partial charge in [-0.3, -0.25) is 14.9 Å². The molecule has 1 amide bonds. The van der Waals surface area contributed by atoms with Gasteiger partial charge in [0.2, 0.25) is 5.82 Å². The number of carbonyl (C=O) groups is 1. The molecule has 0 radical (unpaired) electrons. The molecule has 0 spiro atoms. The molecule has 5 nitrogen and oxygen atoms in total. The average molecular weight is 294 g/mol. The molecule has 3 atom stereocenters. The second-order valence-corrected chi connectivity index (χ2v) is 5.61. The van der Waals surface area contributed by atoms with Gasteiger partial charge < -0.3 is 5.32 Å². The number of amides is 1. The first kappa shape index (κ1) is 15.4. The standard InChI is InChI=1S/C15H19FN2O3/c1-3-10-5-7-13(9(10)2)17-15(19)11-4-6-12(16)14(8-11)18(20)21/h4,6,8-10,13H,3,5,7H2,1-2H3,(H,17,19). The molecule has 0 aliphatic heterocycles. The number of carbonyl (C=O) groups excluding carboxylic acids is 1. The fraction of sp³-hybridized carbons (Fsp3) is 0.533. The maximum Gasteiger partial charge on any atom is 0.305 e. The smallest absolute Gasteiger partial charge is 0.305 e. The fourth-order valence-electron chi connectivity index (χ4n) is 3.07. The molecule has 21 heavy (non-hydrogen) atoms. The lowest BCUT2D eigenvalue weighted by Gasteiger charge is -2.21. The predicted octanol–water partition coefficient (Wildman–Crippen LogP) is 3.29. The normalized spacial score (nSPS) is 24.8. The lowest BCUT2D eigenvalue weighted by molar-refractivity contribution is -0.387. The third kappa shape index (κ3) is 3.20. The van der Waals surface area contributed by atoms with Gasteiger partial charge in [0, 0.05) is 17.7 Å². The molecule has 1 saturated carbocycles. The second-order valence-electron chi connectivity index (χ2n) is 5.61. The number of rotatable bonds is 4. The minimum atomic E-state index is -0.933. The van der Waals surface area contributed by atoms with E-state index in [4.69, 9.17) is 0 Å². The van der Waals surface area contributed by atoms with Crippen molar-refractivity contribution in [1.82, 2.24) is 5.32 Å². The van der Waals surface area contributed by atoms with Gasteiger partial charge >= 0.3 is 5.69 Å². The van der Waals surface area contributed by atoms with E-state index in [9.17, 15) is 19.3 Å². The Bertz CT molecular complexity index is 562. The van der Waals surface area contributed by atoms with Gasteiger partial charge in [-0.2, -0.15) is 4.39 Å². The maximum atomic E-state index is 13.3. The monoisotopic (exact) mass is 294 g/mol. The number of benzene rings is 1. The van der Waals surface area contributed by atoms with Crippen LogP contribution >= 0.6 is 0 Å². The highest BCUT2D eigenvalue weighted by Gasteiger charge is 2.32. The van der Waals surface area contributed by atoms with Gasteiger partial charge in [0.25, 0.3) is 5.91 Å². The summed E-state index contributed by atoms with van der Waals surface area (Å²) in [7, 11) is 0. The van der Waals surface area contributed by atoms with Crippen molar-refractivity contribution in [3.05, 3.63) is 39.7 Å². The first-order valence-corrected chi connectivity index (χ1v) is 7.18. The van der Waals surface area contributed by atoms with E-state index in [1.54, 1.807) is 0 Å². The van der Waals surface area contributed by atoms with Crippen LogP contribution in [0.2, 0.25) is 0 Å². The van der Waals surface area contributed by atoms with Gasteiger partial charge in [0.05, 0.1) is 4.92 Å². The Balaban J connectivity index is 2.11. The highest BCUT2D eigenvalue weighted by Crippen LogP contribution is 2.34. The topological polar surface area (TPSA) is 72.2 Å². The Hall–Kier alpha value is -1.98.